The first-order valence-electron chi connectivity index (χ1n) is 3.81. The van der Waals surface area contributed by atoms with E-state index in [9.17, 15) is 4.79 Å². The largest absolute Gasteiger partial charge is 0.375 e. The molecule has 1 rings (SSSR count). The maximum absolute atomic E-state index is 11.5. The Labute approximate surface area is 105 Å². The monoisotopic (exact) mass is 307 g/mol. The number of halogens is 2. The Bertz CT molecular complexity index is 413. The molecule has 0 fully saturated rings. The van der Waals surface area contributed by atoms with E-state index in [1.165, 1.54) is 0 Å². The quantitative estimate of drug-likeness (QED) is 0.544. The maximum atomic E-state index is 11.5. The number of carbonyl (C=O) groups is 1. The van der Waals surface area contributed by atoms with Gasteiger partial charge in [-0.1, -0.05) is 11.6 Å². The fourth-order valence-corrected chi connectivity index (χ4v) is 1.38. The third-order valence-electron chi connectivity index (χ3n) is 1.48. The van der Waals surface area contributed by atoms with Crippen LogP contribution in [0.1, 0.15) is 10.4 Å². The summed E-state index contributed by atoms with van der Waals surface area (Å²) < 4.78 is 0.646. The van der Waals surface area contributed by atoms with E-state index in [0.717, 1.165) is 0 Å². The fraction of sp³-hybridized carbons (Fsp3) is 0. The van der Waals surface area contributed by atoms with E-state index in [2.05, 4.69) is 39.0 Å². The number of hydrazine groups is 1. The minimum atomic E-state index is -0.347. The van der Waals surface area contributed by atoms with Crippen LogP contribution < -0.4 is 16.6 Å². The molecule has 0 bridgehead atoms. The molecule has 0 aliphatic rings. The zero-order valence-corrected chi connectivity index (χ0v) is 10.5. The molecule has 0 radical (unpaired) electrons. The van der Waals surface area contributed by atoms with Crippen molar-refractivity contribution in [1.29, 1.82) is 0 Å². The molecule has 4 N–H and O–H groups in total. The van der Waals surface area contributed by atoms with E-state index in [4.69, 9.17) is 17.3 Å². The average molecular weight is 309 g/mol. The van der Waals surface area contributed by atoms with Crippen LogP contribution in [-0.2, 0) is 0 Å². The maximum Gasteiger partial charge on any atom is 0.269 e. The van der Waals surface area contributed by atoms with Crippen molar-refractivity contribution in [1.82, 2.24) is 10.9 Å². The summed E-state index contributed by atoms with van der Waals surface area (Å²) in [4.78, 5) is 11.5. The molecule has 4 nitrogen and oxygen atoms in total. The molecule has 0 heterocycles. The van der Waals surface area contributed by atoms with Crippen LogP contribution in [0.25, 0.3) is 0 Å². The Kier molecular flexibility index (Phi) is 4.31. The van der Waals surface area contributed by atoms with E-state index < -0.39 is 0 Å². The molecule has 1 amide bonds. The van der Waals surface area contributed by atoms with Gasteiger partial charge in [0.2, 0.25) is 0 Å². The van der Waals surface area contributed by atoms with E-state index in [1.54, 1.807) is 18.2 Å². The van der Waals surface area contributed by atoms with Gasteiger partial charge in [0.05, 0.1) is 5.02 Å². The predicted molar refractivity (Wildman–Crippen MR) is 66.5 cm³/mol. The predicted octanol–water partition coefficient (Wildman–Crippen LogP) is 1.58. The summed E-state index contributed by atoms with van der Waals surface area (Å²) in [5.41, 5.74) is 10.3. The minimum Gasteiger partial charge on any atom is -0.375 e. The summed E-state index contributed by atoms with van der Waals surface area (Å²) in [7, 11) is 0. The van der Waals surface area contributed by atoms with Gasteiger partial charge in [-0.25, -0.2) is 0 Å². The van der Waals surface area contributed by atoms with Gasteiger partial charge in [-0.3, -0.25) is 15.6 Å². The highest BCUT2D eigenvalue weighted by molar-refractivity contribution is 9.10. The molecular weight excluding hydrogens is 302 g/mol. The summed E-state index contributed by atoms with van der Waals surface area (Å²) >= 11 is 13.5. The number of carbonyl (C=O) groups excluding carboxylic acids is 1. The van der Waals surface area contributed by atoms with Crippen LogP contribution in [0.3, 0.4) is 0 Å². The number of nitrogens with one attached hydrogen (secondary N) is 2. The molecule has 1 aromatic rings. The van der Waals surface area contributed by atoms with Crippen molar-refractivity contribution < 1.29 is 4.79 Å². The highest BCUT2D eigenvalue weighted by Gasteiger charge is 2.06. The number of hydrogen-bond donors (Lipinski definition) is 3. The zero-order valence-electron chi connectivity index (χ0n) is 7.38. The van der Waals surface area contributed by atoms with Crippen molar-refractivity contribution in [3.05, 3.63) is 33.3 Å². The smallest absolute Gasteiger partial charge is 0.269 e. The highest BCUT2D eigenvalue weighted by Crippen LogP contribution is 2.22. The average Bonchev–Trinajstić information content (AvgIpc) is 2.18. The first kappa shape index (κ1) is 12.2. The Morgan fingerprint density at radius 3 is 2.67 bits per heavy atom. The molecule has 0 aliphatic carbocycles. The van der Waals surface area contributed by atoms with E-state index in [0.29, 0.717) is 15.1 Å². The third-order valence-corrected chi connectivity index (χ3v) is 2.80. The molecule has 0 saturated carbocycles. The molecule has 7 heteroatoms. The van der Waals surface area contributed by atoms with Gasteiger partial charge in [0.25, 0.3) is 5.91 Å². The number of nitrogens with two attached hydrogens (primary N) is 1. The van der Waals surface area contributed by atoms with Gasteiger partial charge in [-0.15, -0.1) is 0 Å². The lowest BCUT2D eigenvalue weighted by Gasteiger charge is -2.06. The lowest BCUT2D eigenvalue weighted by molar-refractivity contribution is 0.0944. The highest BCUT2D eigenvalue weighted by atomic mass is 79.9. The summed E-state index contributed by atoms with van der Waals surface area (Å²) in [6, 6.07) is 4.80. The summed E-state index contributed by atoms with van der Waals surface area (Å²) in [6.07, 6.45) is 0. The van der Waals surface area contributed by atoms with Gasteiger partial charge >= 0.3 is 0 Å². The fourth-order valence-electron chi connectivity index (χ4n) is 0.828. The van der Waals surface area contributed by atoms with Gasteiger partial charge in [0, 0.05) is 10.0 Å². The van der Waals surface area contributed by atoms with Crippen LogP contribution in [0, 0.1) is 0 Å². The Morgan fingerprint density at radius 1 is 1.47 bits per heavy atom. The van der Waals surface area contributed by atoms with E-state index in [-0.39, 0.29) is 11.0 Å². The minimum absolute atomic E-state index is 0.00335. The number of rotatable bonds is 1. The van der Waals surface area contributed by atoms with E-state index >= 15 is 0 Å². The molecule has 15 heavy (non-hydrogen) atoms. The topological polar surface area (TPSA) is 67.2 Å². The molecule has 0 aliphatic heterocycles. The molecule has 0 spiro atoms. The number of thiocarbonyl (C=S) groups is 1. The van der Waals surface area contributed by atoms with Gasteiger partial charge in [0.1, 0.15) is 0 Å². The summed E-state index contributed by atoms with van der Waals surface area (Å²) in [5, 5.41) is 0.533. The number of hydrogen-bond acceptors (Lipinski definition) is 2. The van der Waals surface area contributed by atoms with Gasteiger partial charge in [0.15, 0.2) is 5.11 Å². The van der Waals surface area contributed by atoms with Crippen LogP contribution >= 0.6 is 39.7 Å². The zero-order chi connectivity index (χ0) is 11.4. The lowest BCUT2D eigenvalue weighted by atomic mass is 10.2. The normalized spacial score (nSPS) is 9.47. The standard InChI is InChI=1S/C8H7BrClN3OS/c9-5-3-4(1-2-6(5)10)7(14)12-13-8(11)15/h1-3H,(H,12,14)(H3,11,13,15). The lowest BCUT2D eigenvalue weighted by Crippen LogP contribution is -2.44. The van der Waals surface area contributed by atoms with Gasteiger partial charge in [-0.2, -0.15) is 0 Å². The second kappa shape index (κ2) is 5.29. The number of benzene rings is 1. The third kappa shape index (κ3) is 3.65. The molecule has 0 saturated heterocycles. The van der Waals surface area contributed by atoms with Crippen molar-refractivity contribution in [2.75, 3.05) is 0 Å². The van der Waals surface area contributed by atoms with Crippen molar-refractivity contribution in [3.8, 4) is 0 Å². The van der Waals surface area contributed by atoms with Crippen LogP contribution in [0.5, 0.6) is 0 Å². The van der Waals surface area contributed by atoms with Crippen LogP contribution in [0.4, 0.5) is 0 Å². The molecule has 0 unspecified atom stereocenters. The first-order chi connectivity index (χ1) is 7.00. The van der Waals surface area contributed by atoms with Gasteiger partial charge < -0.3 is 5.73 Å². The molecule has 0 aromatic heterocycles. The second-order valence-corrected chi connectivity index (χ2v) is 4.27. The van der Waals surface area contributed by atoms with Crippen molar-refractivity contribution in [2.45, 2.75) is 0 Å². The Hall–Kier alpha value is -0.850. The molecular formula is C8H7BrClN3OS. The molecule has 0 atom stereocenters. The van der Waals surface area contributed by atoms with Crippen molar-refractivity contribution in [3.63, 3.8) is 0 Å². The van der Waals surface area contributed by atoms with E-state index in [1.807, 2.05) is 0 Å². The Morgan fingerprint density at radius 2 is 2.13 bits per heavy atom. The van der Waals surface area contributed by atoms with Crippen molar-refractivity contribution >= 4 is 50.8 Å². The summed E-state index contributed by atoms with van der Waals surface area (Å²) in [5.74, 6) is -0.347. The number of amides is 1. The van der Waals surface area contributed by atoms with Crippen LogP contribution in [0.2, 0.25) is 5.02 Å². The van der Waals surface area contributed by atoms with Crippen molar-refractivity contribution in [2.24, 2.45) is 5.73 Å². The second-order valence-electron chi connectivity index (χ2n) is 2.57. The summed E-state index contributed by atoms with van der Waals surface area (Å²) in [6.45, 7) is 0. The SMILES string of the molecule is NC(=S)NNC(=O)c1ccc(Cl)c(Br)c1. The molecule has 1 aromatic carbocycles. The Balaban J connectivity index is 2.74. The first-order valence-corrected chi connectivity index (χ1v) is 5.39. The van der Waals surface area contributed by atoms with Gasteiger partial charge in [-0.05, 0) is 46.3 Å². The van der Waals surface area contributed by atoms with Crippen LogP contribution in [-0.4, -0.2) is 11.0 Å². The molecule has 80 valence electrons. The van der Waals surface area contributed by atoms with Crippen LogP contribution in [0.15, 0.2) is 22.7 Å².